The SMILES string of the molecule is c1ccc(-n2c3ccccc3c3c4c(ccc32)N(c2cccc(C(c3ccccc3)(c3ccccc3)c3cccc(-c5ccccn5)c3)c2)c2ncccc2[Si]4(c2ccccc2)c2ccccc2)cc1. The van der Waals surface area contributed by atoms with Crippen LogP contribution in [0.15, 0.2) is 279 Å². The molecule has 0 amide bonds. The highest BCUT2D eigenvalue weighted by Gasteiger charge is 2.51. The minimum Gasteiger partial charge on any atom is -0.309 e. The van der Waals surface area contributed by atoms with E-state index >= 15 is 0 Å². The Morgan fingerprint density at radius 3 is 1.61 bits per heavy atom. The molecule has 0 unspecified atom stereocenters. The summed E-state index contributed by atoms with van der Waals surface area (Å²) in [5.41, 5.74) is 11.6. The first-order valence-electron chi connectivity index (χ1n) is 24.0. The third-order valence-corrected chi connectivity index (χ3v) is 19.3. The molecular weight excluding hydrogens is 865 g/mol. The number of pyridine rings is 2. The standard InChI is InChI=1S/C65H46N4Si/c1-6-24-48(25-7-1)65(49-26-8-2-9-27-49,50-28-20-23-47(45-50)57-38-18-19-43-66-57)51-29-21-32-53(46-51)69-60-42-41-59-62(56-37-16-17-39-58(56)68(59)52-30-10-3-11-31-52)63(60)70(54-33-12-4-13-34-54,55-35-14-5-15-36-55)61-40-22-44-67-64(61)69/h1-46H. The van der Waals surface area contributed by atoms with Gasteiger partial charge in [0.2, 0.25) is 0 Å². The van der Waals surface area contributed by atoms with Gasteiger partial charge < -0.3 is 4.57 Å². The summed E-state index contributed by atoms with van der Waals surface area (Å²) in [5, 5.41) is 7.71. The molecule has 0 saturated heterocycles. The number of aromatic nitrogens is 3. The molecule has 1 aliphatic heterocycles. The van der Waals surface area contributed by atoms with Gasteiger partial charge in [0.25, 0.3) is 0 Å². The Morgan fingerprint density at radius 1 is 0.386 bits per heavy atom. The first-order chi connectivity index (χ1) is 34.8. The zero-order valence-corrected chi connectivity index (χ0v) is 39.3. The van der Waals surface area contributed by atoms with E-state index in [0.29, 0.717) is 0 Å². The fraction of sp³-hybridized carbons (Fsp3) is 0.0154. The van der Waals surface area contributed by atoms with Crippen LogP contribution >= 0.6 is 0 Å². The van der Waals surface area contributed by atoms with E-state index in [0.717, 1.165) is 45.3 Å². The molecular formula is C65H46N4Si. The highest BCUT2D eigenvalue weighted by atomic mass is 28.3. The van der Waals surface area contributed by atoms with Crippen LogP contribution in [0.4, 0.5) is 17.2 Å². The highest BCUT2D eigenvalue weighted by molar-refractivity contribution is 7.22. The molecule has 3 aromatic heterocycles. The van der Waals surface area contributed by atoms with E-state index in [4.69, 9.17) is 9.97 Å². The van der Waals surface area contributed by atoms with Crippen LogP contribution in [0.1, 0.15) is 22.3 Å². The summed E-state index contributed by atoms with van der Waals surface area (Å²) >= 11 is 0. The number of hydrogen-bond donors (Lipinski definition) is 0. The van der Waals surface area contributed by atoms with Crippen LogP contribution in [0.25, 0.3) is 38.8 Å². The Morgan fingerprint density at radius 2 is 0.943 bits per heavy atom. The number of fused-ring (bicyclic) bond motifs is 6. The zero-order chi connectivity index (χ0) is 46.5. The van der Waals surface area contributed by atoms with Crippen molar-refractivity contribution in [2.45, 2.75) is 5.41 Å². The third-order valence-electron chi connectivity index (χ3n) is 14.5. The molecule has 13 rings (SSSR count). The number of para-hydroxylation sites is 2. The monoisotopic (exact) mass is 910 g/mol. The lowest BCUT2D eigenvalue weighted by molar-refractivity contribution is 0.745. The predicted octanol–water partition coefficient (Wildman–Crippen LogP) is 12.8. The van der Waals surface area contributed by atoms with Crippen molar-refractivity contribution in [2.24, 2.45) is 0 Å². The van der Waals surface area contributed by atoms with Crippen molar-refractivity contribution in [1.29, 1.82) is 0 Å². The average molecular weight is 911 g/mol. The van der Waals surface area contributed by atoms with E-state index in [-0.39, 0.29) is 0 Å². The average Bonchev–Trinajstić information content (AvgIpc) is 3.79. The summed E-state index contributed by atoms with van der Waals surface area (Å²) in [6.07, 6.45) is 3.84. The van der Waals surface area contributed by atoms with E-state index in [9.17, 15) is 0 Å². The Bertz CT molecular complexity index is 3740. The van der Waals surface area contributed by atoms with E-state index in [1.807, 2.05) is 18.5 Å². The Kier molecular flexibility index (Phi) is 10.0. The Balaban J connectivity index is 1.15. The minimum absolute atomic E-state index is 0.728. The van der Waals surface area contributed by atoms with Crippen molar-refractivity contribution in [3.63, 3.8) is 0 Å². The Labute approximate surface area is 409 Å². The molecule has 4 heterocycles. The quantitative estimate of drug-likeness (QED) is 0.107. The molecule has 0 saturated carbocycles. The van der Waals surface area contributed by atoms with Crippen molar-refractivity contribution in [2.75, 3.05) is 4.90 Å². The third kappa shape index (κ3) is 6.29. The smallest absolute Gasteiger partial charge is 0.187 e. The molecule has 0 bridgehead atoms. The normalized spacial score (nSPS) is 12.9. The predicted molar refractivity (Wildman–Crippen MR) is 292 cm³/mol. The van der Waals surface area contributed by atoms with Crippen molar-refractivity contribution in [3.8, 4) is 16.9 Å². The molecule has 0 atom stereocenters. The van der Waals surface area contributed by atoms with Crippen LogP contribution in [-0.2, 0) is 5.41 Å². The number of rotatable bonds is 9. The number of nitrogens with zero attached hydrogens (tertiary/aromatic N) is 4. The van der Waals surface area contributed by atoms with Crippen molar-refractivity contribution in [1.82, 2.24) is 14.5 Å². The zero-order valence-electron chi connectivity index (χ0n) is 38.3. The first-order valence-corrected chi connectivity index (χ1v) is 26.0. The van der Waals surface area contributed by atoms with Gasteiger partial charge >= 0.3 is 0 Å². The van der Waals surface area contributed by atoms with Gasteiger partial charge in [-0.15, -0.1) is 0 Å². The van der Waals surface area contributed by atoms with Crippen molar-refractivity contribution in [3.05, 3.63) is 302 Å². The van der Waals surface area contributed by atoms with Gasteiger partial charge in [0.05, 0.1) is 22.1 Å². The summed E-state index contributed by atoms with van der Waals surface area (Å²) in [5.74, 6) is 0.944. The van der Waals surface area contributed by atoms with Gasteiger partial charge in [-0.2, -0.15) is 0 Å². The molecule has 0 fully saturated rings. The van der Waals surface area contributed by atoms with Gasteiger partial charge in [-0.05, 0) is 110 Å². The molecule has 9 aromatic carbocycles. The lowest BCUT2D eigenvalue weighted by Gasteiger charge is -2.45. The highest BCUT2D eigenvalue weighted by Crippen LogP contribution is 2.49. The van der Waals surface area contributed by atoms with Crippen LogP contribution in [0.2, 0.25) is 0 Å². The summed E-state index contributed by atoms with van der Waals surface area (Å²) < 4.78 is 2.46. The molecule has 4 nitrogen and oxygen atoms in total. The molecule has 0 radical (unpaired) electrons. The molecule has 1 aliphatic rings. The van der Waals surface area contributed by atoms with E-state index in [1.54, 1.807) is 0 Å². The maximum atomic E-state index is 5.48. The number of hydrogen-bond acceptors (Lipinski definition) is 3. The van der Waals surface area contributed by atoms with Gasteiger partial charge in [0.15, 0.2) is 8.07 Å². The van der Waals surface area contributed by atoms with Crippen LogP contribution in [0, 0.1) is 0 Å². The molecule has 70 heavy (non-hydrogen) atoms. The second kappa shape index (κ2) is 17.0. The molecule has 12 aromatic rings. The second-order valence-corrected chi connectivity index (χ2v) is 21.8. The fourth-order valence-corrected chi connectivity index (χ4v) is 17.0. The number of benzene rings is 9. The van der Waals surface area contributed by atoms with Gasteiger partial charge in [-0.1, -0.05) is 200 Å². The fourth-order valence-electron chi connectivity index (χ4n) is 11.7. The van der Waals surface area contributed by atoms with E-state index in [2.05, 4.69) is 270 Å². The van der Waals surface area contributed by atoms with Crippen LogP contribution in [0.3, 0.4) is 0 Å². The van der Waals surface area contributed by atoms with Crippen molar-refractivity contribution >= 4 is 67.8 Å². The van der Waals surface area contributed by atoms with Crippen LogP contribution in [-0.4, -0.2) is 22.6 Å². The van der Waals surface area contributed by atoms with Gasteiger partial charge in [-0.25, -0.2) is 4.98 Å². The van der Waals surface area contributed by atoms with Crippen LogP contribution < -0.4 is 25.6 Å². The summed E-state index contributed by atoms with van der Waals surface area (Å²) in [7, 11) is -3.19. The van der Waals surface area contributed by atoms with Gasteiger partial charge in [0.1, 0.15) is 5.82 Å². The Hall–Kier alpha value is -8.90. The molecule has 0 N–H and O–H groups in total. The number of anilines is 3. The second-order valence-electron chi connectivity index (χ2n) is 18.1. The summed E-state index contributed by atoms with van der Waals surface area (Å²) in [6, 6.07) is 97.9. The molecule has 0 spiro atoms. The lowest BCUT2D eigenvalue weighted by atomic mass is 9.65. The van der Waals surface area contributed by atoms with Crippen LogP contribution in [0.5, 0.6) is 0 Å². The maximum absolute atomic E-state index is 5.48. The maximum Gasteiger partial charge on any atom is 0.187 e. The molecule has 5 heteroatoms. The minimum atomic E-state index is -3.19. The largest absolute Gasteiger partial charge is 0.309 e. The summed E-state index contributed by atoms with van der Waals surface area (Å²) in [4.78, 5) is 12.8. The van der Waals surface area contributed by atoms with Crippen molar-refractivity contribution < 1.29 is 0 Å². The van der Waals surface area contributed by atoms with E-state index in [1.165, 1.54) is 53.7 Å². The molecule has 330 valence electrons. The van der Waals surface area contributed by atoms with Gasteiger partial charge in [0, 0.05) is 45.8 Å². The molecule has 0 aliphatic carbocycles. The topological polar surface area (TPSA) is 34.0 Å². The van der Waals surface area contributed by atoms with E-state index < -0.39 is 13.5 Å². The van der Waals surface area contributed by atoms with Gasteiger partial charge in [-0.3, -0.25) is 9.88 Å². The summed E-state index contributed by atoms with van der Waals surface area (Å²) in [6.45, 7) is 0. The first kappa shape index (κ1) is 41.3. The lowest BCUT2D eigenvalue weighted by Crippen LogP contribution is -2.77.